The van der Waals surface area contributed by atoms with E-state index in [0.29, 0.717) is 51.7 Å². The van der Waals surface area contributed by atoms with Gasteiger partial charge in [0.05, 0.1) is 22.6 Å². The van der Waals surface area contributed by atoms with Crippen LogP contribution in [0.25, 0.3) is 10.7 Å². The Bertz CT molecular complexity index is 1300. The molecule has 1 saturated carbocycles. The number of amides is 1. The fourth-order valence-corrected chi connectivity index (χ4v) is 7.10. The van der Waals surface area contributed by atoms with Crippen molar-refractivity contribution in [2.45, 2.75) is 43.4 Å². The van der Waals surface area contributed by atoms with Gasteiger partial charge in [-0.2, -0.15) is 9.29 Å². The number of carbonyl (C=O) groups excluding carboxylic acids is 1. The number of rotatable bonds is 7. The summed E-state index contributed by atoms with van der Waals surface area (Å²) in [5.74, 6) is 1.59. The maximum Gasteiger partial charge on any atom is 0.244 e. The fourth-order valence-electron chi connectivity index (χ4n) is 4.14. The highest BCUT2D eigenvalue weighted by molar-refractivity contribution is 7.89. The molecule has 0 spiro atoms. The molecule has 3 heterocycles. The van der Waals surface area contributed by atoms with E-state index in [1.165, 1.54) is 15.6 Å². The molecule has 1 saturated heterocycles. The Kier molecular flexibility index (Phi) is 6.17. The van der Waals surface area contributed by atoms with Crippen LogP contribution in [0.4, 0.5) is 5.69 Å². The third-order valence-electron chi connectivity index (χ3n) is 6.27. The second-order valence-corrected chi connectivity index (χ2v) is 11.8. The zero-order valence-electron chi connectivity index (χ0n) is 19.0. The molecule has 34 heavy (non-hydrogen) atoms. The van der Waals surface area contributed by atoms with Gasteiger partial charge in [-0.3, -0.25) is 4.79 Å². The molecule has 9 nitrogen and oxygen atoms in total. The third kappa shape index (κ3) is 4.47. The molecular formula is C23H26N4O5S2. The Morgan fingerprint density at radius 1 is 1.21 bits per heavy atom. The number of methoxy groups -OCH3 is 1. The van der Waals surface area contributed by atoms with Crippen molar-refractivity contribution >= 4 is 33.0 Å². The number of benzene rings is 1. The van der Waals surface area contributed by atoms with Gasteiger partial charge in [-0.15, -0.1) is 11.3 Å². The number of carbonyl (C=O) groups is 1. The van der Waals surface area contributed by atoms with Gasteiger partial charge < -0.3 is 14.6 Å². The Balaban J connectivity index is 1.25. The molecule has 0 radical (unpaired) electrons. The van der Waals surface area contributed by atoms with Crippen LogP contribution in [0.3, 0.4) is 0 Å². The van der Waals surface area contributed by atoms with Crippen LogP contribution >= 0.6 is 11.3 Å². The van der Waals surface area contributed by atoms with Gasteiger partial charge in [0.15, 0.2) is 0 Å². The van der Waals surface area contributed by atoms with E-state index in [-0.39, 0.29) is 29.8 Å². The minimum absolute atomic E-state index is 0.126. The van der Waals surface area contributed by atoms with E-state index in [4.69, 9.17) is 9.26 Å². The zero-order valence-corrected chi connectivity index (χ0v) is 20.6. The van der Waals surface area contributed by atoms with Crippen LogP contribution in [0.15, 0.2) is 39.8 Å². The average Bonchev–Trinajstić information content (AvgIpc) is 3.43. The molecule has 0 bridgehead atoms. The molecule has 180 valence electrons. The molecule has 2 aliphatic rings. The summed E-state index contributed by atoms with van der Waals surface area (Å²) in [6.07, 6.45) is 3.01. The number of nitrogens with one attached hydrogen (secondary N) is 1. The van der Waals surface area contributed by atoms with Crippen molar-refractivity contribution in [1.29, 1.82) is 0 Å². The first kappa shape index (κ1) is 23.0. The molecule has 5 rings (SSSR count). The van der Waals surface area contributed by atoms with E-state index in [1.54, 1.807) is 32.2 Å². The van der Waals surface area contributed by atoms with E-state index >= 15 is 0 Å². The second kappa shape index (κ2) is 9.12. The quantitative estimate of drug-likeness (QED) is 0.519. The van der Waals surface area contributed by atoms with Crippen LogP contribution in [0, 0.1) is 12.8 Å². The maximum atomic E-state index is 13.4. The lowest BCUT2D eigenvalue weighted by atomic mass is 9.97. The van der Waals surface area contributed by atoms with Crippen molar-refractivity contribution in [2.75, 3.05) is 25.5 Å². The number of hydrogen-bond donors (Lipinski definition) is 1. The summed E-state index contributed by atoms with van der Waals surface area (Å²) in [6.45, 7) is 2.35. The lowest BCUT2D eigenvalue weighted by molar-refractivity contribution is -0.120. The average molecular weight is 503 g/mol. The smallest absolute Gasteiger partial charge is 0.244 e. The summed E-state index contributed by atoms with van der Waals surface area (Å²) in [6, 6.07) is 8.86. The van der Waals surface area contributed by atoms with E-state index < -0.39 is 10.0 Å². The SMILES string of the molecule is COc1ccccc1NC(=O)C1CCN(S(=O)(=O)c2cc(-c3noc(C4CC4)n3)sc2C)CC1. The number of para-hydroxylation sites is 2. The van der Waals surface area contributed by atoms with E-state index in [2.05, 4.69) is 15.5 Å². The number of piperidine rings is 1. The first-order valence-corrected chi connectivity index (χ1v) is 13.5. The van der Waals surface area contributed by atoms with E-state index in [9.17, 15) is 13.2 Å². The molecule has 1 aliphatic carbocycles. The number of aryl methyl sites for hydroxylation is 1. The van der Waals surface area contributed by atoms with Gasteiger partial charge in [0, 0.05) is 29.8 Å². The van der Waals surface area contributed by atoms with E-state index in [0.717, 1.165) is 12.8 Å². The highest BCUT2D eigenvalue weighted by atomic mass is 32.2. The standard InChI is InChI=1S/C23H26N4O5S2/c1-14-20(13-19(33-14)21-25-23(32-26-21)16-7-8-16)34(29,30)27-11-9-15(10-12-27)22(28)24-17-5-3-4-6-18(17)31-2/h3-6,13,15-16H,7-12H2,1-2H3,(H,24,28). The summed E-state index contributed by atoms with van der Waals surface area (Å²) >= 11 is 1.35. The van der Waals surface area contributed by atoms with Crippen LogP contribution in [0.1, 0.15) is 42.4 Å². The van der Waals surface area contributed by atoms with Crippen LogP contribution in [-0.4, -0.2) is 49.0 Å². The number of hydrogen-bond acceptors (Lipinski definition) is 8. The highest BCUT2D eigenvalue weighted by Crippen LogP contribution is 2.41. The number of thiophene rings is 1. The number of aromatic nitrogens is 2. The fraction of sp³-hybridized carbons (Fsp3) is 0.435. The molecule has 2 fully saturated rings. The Hall–Kier alpha value is -2.76. The molecule has 0 atom stereocenters. The molecule has 1 amide bonds. The minimum Gasteiger partial charge on any atom is -0.495 e. The third-order valence-corrected chi connectivity index (χ3v) is 9.47. The lowest BCUT2D eigenvalue weighted by Crippen LogP contribution is -2.41. The number of nitrogens with zero attached hydrogens (tertiary/aromatic N) is 3. The molecule has 1 N–H and O–H groups in total. The summed E-state index contributed by atoms with van der Waals surface area (Å²) in [5.41, 5.74) is 0.609. The van der Waals surface area contributed by atoms with Crippen LogP contribution in [0.2, 0.25) is 0 Å². The van der Waals surface area contributed by atoms with Gasteiger partial charge in [-0.1, -0.05) is 17.3 Å². The molecule has 0 unspecified atom stereocenters. The van der Waals surface area contributed by atoms with Crippen molar-refractivity contribution in [2.24, 2.45) is 5.92 Å². The Morgan fingerprint density at radius 3 is 2.65 bits per heavy atom. The van der Waals surface area contributed by atoms with Crippen LogP contribution in [0.5, 0.6) is 5.75 Å². The van der Waals surface area contributed by atoms with Gasteiger partial charge in [0.25, 0.3) is 0 Å². The summed E-state index contributed by atoms with van der Waals surface area (Å²) < 4.78 is 38.8. The van der Waals surface area contributed by atoms with Gasteiger partial charge in [0.2, 0.25) is 27.6 Å². The largest absolute Gasteiger partial charge is 0.495 e. The number of ether oxygens (including phenoxy) is 1. The molecular weight excluding hydrogens is 476 g/mol. The number of anilines is 1. The monoisotopic (exact) mass is 502 g/mol. The first-order valence-electron chi connectivity index (χ1n) is 11.2. The van der Waals surface area contributed by atoms with Gasteiger partial charge in [0.1, 0.15) is 5.75 Å². The number of sulfonamides is 1. The van der Waals surface area contributed by atoms with Crippen molar-refractivity contribution in [3.8, 4) is 16.5 Å². The van der Waals surface area contributed by atoms with Crippen molar-refractivity contribution in [3.63, 3.8) is 0 Å². The first-order chi connectivity index (χ1) is 16.4. The maximum absolute atomic E-state index is 13.4. The summed E-state index contributed by atoms with van der Waals surface area (Å²) in [5, 5.41) is 6.94. The molecule has 11 heteroatoms. The predicted octanol–water partition coefficient (Wildman–Crippen LogP) is 4.03. The van der Waals surface area contributed by atoms with Crippen LogP contribution in [-0.2, 0) is 14.8 Å². The molecule has 2 aromatic heterocycles. The van der Waals surface area contributed by atoms with E-state index in [1.807, 2.05) is 12.1 Å². The topological polar surface area (TPSA) is 115 Å². The molecule has 1 aliphatic heterocycles. The van der Waals surface area contributed by atoms with Crippen molar-refractivity contribution in [1.82, 2.24) is 14.4 Å². The zero-order chi connectivity index (χ0) is 23.9. The van der Waals surface area contributed by atoms with Gasteiger partial charge in [-0.05, 0) is 50.8 Å². The Labute approximate surface area is 202 Å². The molecule has 3 aromatic rings. The second-order valence-electron chi connectivity index (χ2n) is 8.63. The Morgan fingerprint density at radius 2 is 1.94 bits per heavy atom. The van der Waals surface area contributed by atoms with Crippen LogP contribution < -0.4 is 10.1 Å². The summed E-state index contributed by atoms with van der Waals surface area (Å²) in [7, 11) is -2.14. The minimum atomic E-state index is -3.69. The normalized spacial score (nSPS) is 17.6. The van der Waals surface area contributed by atoms with Crippen molar-refractivity contribution < 1.29 is 22.5 Å². The van der Waals surface area contributed by atoms with Gasteiger partial charge in [-0.25, -0.2) is 8.42 Å². The van der Waals surface area contributed by atoms with Gasteiger partial charge >= 0.3 is 0 Å². The highest BCUT2D eigenvalue weighted by Gasteiger charge is 2.35. The molecule has 1 aromatic carbocycles. The lowest BCUT2D eigenvalue weighted by Gasteiger charge is -2.30. The van der Waals surface area contributed by atoms with Crippen molar-refractivity contribution in [3.05, 3.63) is 41.1 Å². The predicted molar refractivity (Wildman–Crippen MR) is 127 cm³/mol. The summed E-state index contributed by atoms with van der Waals surface area (Å²) in [4.78, 5) is 18.8.